The maximum atomic E-state index is 12.8. The zero-order chi connectivity index (χ0) is 16.0. The van der Waals surface area contributed by atoms with Crippen LogP contribution in [0.5, 0.6) is 0 Å². The van der Waals surface area contributed by atoms with E-state index in [-0.39, 0.29) is 18.1 Å². The van der Waals surface area contributed by atoms with Crippen LogP contribution in [0, 0.1) is 0 Å². The average Bonchev–Trinajstić information content (AvgIpc) is 2.73. The molecule has 2 atom stereocenters. The molecule has 2 unspecified atom stereocenters. The first-order valence-electron chi connectivity index (χ1n) is 6.88. The van der Waals surface area contributed by atoms with Gasteiger partial charge in [-0.2, -0.15) is 0 Å². The highest BCUT2D eigenvalue weighted by atomic mass is 35.5. The molecule has 2 heterocycles. The topological polar surface area (TPSA) is 29.5 Å². The summed E-state index contributed by atoms with van der Waals surface area (Å²) < 4.78 is 6.48. The van der Waals surface area contributed by atoms with Crippen LogP contribution >= 0.6 is 46.1 Å². The Morgan fingerprint density at radius 2 is 1.86 bits per heavy atom. The molecule has 22 heavy (non-hydrogen) atoms. The molecule has 1 fully saturated rings. The van der Waals surface area contributed by atoms with Crippen LogP contribution in [0.4, 0.5) is 0 Å². The van der Waals surface area contributed by atoms with E-state index >= 15 is 0 Å². The standard InChI is InChI=1S/C15H14Cl3NO2S/c1-7-5-19(6-8(2)21-7)15(20)14-13(18)12-10(17)3-9(16)4-11(12)22-14/h3-4,7-8H,5-6H2,1-2H3. The number of fused-ring (bicyclic) bond motifs is 1. The smallest absolute Gasteiger partial charge is 0.265 e. The van der Waals surface area contributed by atoms with Crippen molar-refractivity contribution in [2.45, 2.75) is 26.1 Å². The molecule has 118 valence electrons. The molecule has 7 heteroatoms. The molecule has 1 aliphatic rings. The number of morpholine rings is 1. The Kier molecular flexibility index (Phi) is 4.59. The van der Waals surface area contributed by atoms with Gasteiger partial charge >= 0.3 is 0 Å². The molecule has 0 bridgehead atoms. The number of rotatable bonds is 1. The first kappa shape index (κ1) is 16.3. The summed E-state index contributed by atoms with van der Waals surface area (Å²) in [4.78, 5) is 15.1. The van der Waals surface area contributed by atoms with Crippen molar-refractivity contribution in [2.75, 3.05) is 13.1 Å². The summed E-state index contributed by atoms with van der Waals surface area (Å²) in [6.07, 6.45) is 0.0257. The number of benzene rings is 1. The minimum Gasteiger partial charge on any atom is -0.372 e. The van der Waals surface area contributed by atoms with Crippen molar-refractivity contribution in [3.8, 4) is 0 Å². The molecule has 3 nitrogen and oxygen atoms in total. The molecule has 0 N–H and O–H groups in total. The molecular formula is C15H14Cl3NO2S. The minimum atomic E-state index is -0.0830. The molecule has 0 spiro atoms. The van der Waals surface area contributed by atoms with Crippen LogP contribution in [0.25, 0.3) is 10.1 Å². The summed E-state index contributed by atoms with van der Waals surface area (Å²) in [5, 5.41) is 2.09. The fourth-order valence-electron chi connectivity index (χ4n) is 2.74. The van der Waals surface area contributed by atoms with Crippen molar-refractivity contribution in [3.05, 3.63) is 32.1 Å². The highest BCUT2D eigenvalue weighted by Crippen LogP contribution is 2.41. The largest absolute Gasteiger partial charge is 0.372 e. The monoisotopic (exact) mass is 377 g/mol. The Morgan fingerprint density at radius 3 is 2.50 bits per heavy atom. The number of halogens is 3. The first-order chi connectivity index (χ1) is 10.4. The van der Waals surface area contributed by atoms with Gasteiger partial charge in [0.2, 0.25) is 0 Å². The Labute approximate surface area is 147 Å². The van der Waals surface area contributed by atoms with E-state index in [1.165, 1.54) is 11.3 Å². The van der Waals surface area contributed by atoms with Gasteiger partial charge in [0.05, 0.1) is 22.3 Å². The number of amides is 1. The Hall–Kier alpha value is -0.520. The summed E-state index contributed by atoms with van der Waals surface area (Å²) in [6.45, 7) is 5.03. The fraction of sp³-hybridized carbons (Fsp3) is 0.400. The van der Waals surface area contributed by atoms with Crippen LogP contribution in [0.15, 0.2) is 12.1 Å². The number of carbonyl (C=O) groups is 1. The Morgan fingerprint density at radius 1 is 1.23 bits per heavy atom. The van der Waals surface area contributed by atoms with Crippen LogP contribution < -0.4 is 0 Å². The highest BCUT2D eigenvalue weighted by Gasteiger charge is 2.29. The number of thiophene rings is 1. The molecule has 0 aliphatic carbocycles. The van der Waals surface area contributed by atoms with Crippen LogP contribution in [0.3, 0.4) is 0 Å². The van der Waals surface area contributed by atoms with E-state index in [4.69, 9.17) is 39.5 Å². The molecule has 1 saturated heterocycles. The lowest BCUT2D eigenvalue weighted by Crippen LogP contribution is -2.48. The molecular weight excluding hydrogens is 365 g/mol. The second-order valence-corrected chi connectivity index (χ2v) is 7.75. The molecule has 2 aromatic rings. The second kappa shape index (κ2) is 6.17. The third-order valence-electron chi connectivity index (χ3n) is 3.55. The highest BCUT2D eigenvalue weighted by molar-refractivity contribution is 7.21. The molecule has 1 amide bonds. The van der Waals surface area contributed by atoms with Crippen molar-refractivity contribution < 1.29 is 9.53 Å². The second-order valence-electron chi connectivity index (χ2n) is 5.47. The number of ether oxygens (including phenoxy) is 1. The number of nitrogens with zero attached hydrogens (tertiary/aromatic N) is 1. The summed E-state index contributed by atoms with van der Waals surface area (Å²) in [5.41, 5.74) is 0. The zero-order valence-electron chi connectivity index (χ0n) is 12.0. The number of hydrogen-bond acceptors (Lipinski definition) is 3. The Bertz CT molecular complexity index is 736. The van der Waals surface area contributed by atoms with Crippen molar-refractivity contribution in [1.82, 2.24) is 4.90 Å². The van der Waals surface area contributed by atoms with E-state index in [2.05, 4.69) is 0 Å². The molecule has 1 aromatic heterocycles. The lowest BCUT2D eigenvalue weighted by atomic mass is 10.2. The van der Waals surface area contributed by atoms with Gasteiger partial charge in [0.15, 0.2) is 0 Å². The normalized spacial score (nSPS) is 22.3. The molecule has 3 rings (SSSR count). The van der Waals surface area contributed by atoms with Crippen LogP contribution in [-0.4, -0.2) is 36.1 Å². The van der Waals surface area contributed by atoms with E-state index in [0.717, 1.165) is 4.70 Å². The summed E-state index contributed by atoms with van der Waals surface area (Å²) >= 11 is 20.0. The van der Waals surface area contributed by atoms with Gasteiger partial charge in [-0.1, -0.05) is 34.8 Å². The number of hydrogen-bond donors (Lipinski definition) is 0. The lowest BCUT2D eigenvalue weighted by Gasteiger charge is -2.35. The van der Waals surface area contributed by atoms with Gasteiger partial charge in [-0.15, -0.1) is 11.3 Å². The van der Waals surface area contributed by atoms with Crippen molar-refractivity contribution >= 4 is 62.1 Å². The van der Waals surface area contributed by atoms with Crippen molar-refractivity contribution in [2.24, 2.45) is 0 Å². The van der Waals surface area contributed by atoms with Crippen LogP contribution in [0.2, 0.25) is 15.1 Å². The van der Waals surface area contributed by atoms with E-state index in [1.807, 2.05) is 13.8 Å². The third-order valence-corrected chi connectivity index (χ3v) is 5.68. The molecule has 0 saturated carbocycles. The van der Waals surface area contributed by atoms with E-state index in [0.29, 0.717) is 38.4 Å². The van der Waals surface area contributed by atoms with Crippen LogP contribution in [-0.2, 0) is 4.74 Å². The van der Waals surface area contributed by atoms with Crippen molar-refractivity contribution in [3.63, 3.8) is 0 Å². The fourth-order valence-corrected chi connectivity index (χ4v) is 5.08. The van der Waals surface area contributed by atoms with E-state index < -0.39 is 0 Å². The minimum absolute atomic E-state index is 0.0129. The summed E-state index contributed by atoms with van der Waals surface area (Å²) in [6, 6.07) is 3.41. The van der Waals surface area contributed by atoms with Crippen LogP contribution in [0.1, 0.15) is 23.5 Å². The molecule has 1 aliphatic heterocycles. The Balaban J connectivity index is 2.01. The predicted molar refractivity (Wildman–Crippen MR) is 92.8 cm³/mol. The SMILES string of the molecule is CC1CN(C(=O)c2sc3cc(Cl)cc(Cl)c3c2Cl)CC(C)O1. The molecule has 1 aromatic carbocycles. The maximum Gasteiger partial charge on any atom is 0.265 e. The maximum absolute atomic E-state index is 12.8. The van der Waals surface area contributed by atoms with E-state index in [1.54, 1.807) is 17.0 Å². The summed E-state index contributed by atoms with van der Waals surface area (Å²) in [5.74, 6) is -0.0830. The van der Waals surface area contributed by atoms with Gasteiger partial charge in [0.25, 0.3) is 5.91 Å². The lowest BCUT2D eigenvalue weighted by molar-refractivity contribution is -0.0584. The zero-order valence-corrected chi connectivity index (χ0v) is 15.1. The van der Waals surface area contributed by atoms with Gasteiger partial charge < -0.3 is 9.64 Å². The quantitative estimate of drug-likeness (QED) is 0.690. The first-order valence-corrected chi connectivity index (χ1v) is 8.83. The van der Waals surface area contributed by atoms with Gasteiger partial charge in [-0.25, -0.2) is 0 Å². The summed E-state index contributed by atoms with van der Waals surface area (Å²) in [7, 11) is 0. The van der Waals surface area contributed by atoms with Gasteiger partial charge in [0.1, 0.15) is 4.88 Å². The number of carbonyl (C=O) groups excluding carboxylic acids is 1. The van der Waals surface area contributed by atoms with Gasteiger partial charge in [-0.3, -0.25) is 4.79 Å². The van der Waals surface area contributed by atoms with E-state index in [9.17, 15) is 4.79 Å². The molecule has 0 radical (unpaired) electrons. The predicted octanol–water partition coefficient (Wildman–Crippen LogP) is 5.11. The van der Waals surface area contributed by atoms with Gasteiger partial charge in [0, 0.05) is 28.2 Å². The van der Waals surface area contributed by atoms with Gasteiger partial charge in [-0.05, 0) is 26.0 Å². The third kappa shape index (κ3) is 2.95. The van der Waals surface area contributed by atoms with Crippen molar-refractivity contribution in [1.29, 1.82) is 0 Å². The average molecular weight is 379 g/mol.